The molecule has 0 N–H and O–H groups in total. The number of nitrogens with zero attached hydrogens (tertiary/aromatic N) is 2. The first kappa shape index (κ1) is 16.5. The molecule has 4 rings (SSSR count). The minimum Gasteiger partial charge on any atom is -0.493 e. The van der Waals surface area contributed by atoms with Crippen molar-refractivity contribution < 1.29 is 14.3 Å². The molecule has 0 radical (unpaired) electrons. The quantitative estimate of drug-likeness (QED) is 0.727. The number of fused-ring (bicyclic) bond motifs is 2. The van der Waals surface area contributed by atoms with E-state index in [1.54, 1.807) is 14.2 Å². The van der Waals surface area contributed by atoms with Gasteiger partial charge in [-0.2, -0.15) is 0 Å². The number of ether oxygens (including phenoxy) is 2. The maximum Gasteiger partial charge on any atom is 0.254 e. The molecule has 3 aromatic rings. The van der Waals surface area contributed by atoms with Gasteiger partial charge in [-0.3, -0.25) is 4.79 Å². The van der Waals surface area contributed by atoms with E-state index in [0.29, 0.717) is 18.8 Å². The van der Waals surface area contributed by atoms with E-state index in [-0.39, 0.29) is 5.91 Å². The highest BCUT2D eigenvalue weighted by atomic mass is 16.5. The van der Waals surface area contributed by atoms with Gasteiger partial charge in [0.2, 0.25) is 0 Å². The maximum absolute atomic E-state index is 13.0. The number of aryl methyl sites for hydroxylation is 1. The number of carbonyl (C=O) groups excluding carboxylic acids is 1. The van der Waals surface area contributed by atoms with Gasteiger partial charge in [0.15, 0.2) is 11.5 Å². The lowest BCUT2D eigenvalue weighted by atomic mass is 9.98. The molecule has 1 aliphatic rings. The van der Waals surface area contributed by atoms with Crippen LogP contribution in [0, 0.1) is 0 Å². The van der Waals surface area contributed by atoms with Gasteiger partial charge in [0.1, 0.15) is 0 Å². The van der Waals surface area contributed by atoms with E-state index < -0.39 is 0 Å². The number of methoxy groups -OCH3 is 2. The third-order valence-corrected chi connectivity index (χ3v) is 5.14. The molecular weight excluding hydrogens is 328 g/mol. The van der Waals surface area contributed by atoms with Crippen molar-refractivity contribution in [3.63, 3.8) is 0 Å². The van der Waals surface area contributed by atoms with Crippen LogP contribution in [0.1, 0.15) is 21.5 Å². The van der Waals surface area contributed by atoms with Crippen molar-refractivity contribution in [2.75, 3.05) is 20.8 Å². The number of rotatable bonds is 3. The van der Waals surface area contributed by atoms with Crippen LogP contribution in [0.15, 0.2) is 42.6 Å². The molecule has 134 valence electrons. The van der Waals surface area contributed by atoms with E-state index in [0.717, 1.165) is 34.2 Å². The Kier molecular flexibility index (Phi) is 4.07. The molecule has 5 nitrogen and oxygen atoms in total. The van der Waals surface area contributed by atoms with Crippen LogP contribution in [-0.4, -0.2) is 36.1 Å². The third kappa shape index (κ3) is 2.69. The average Bonchev–Trinajstić information content (AvgIpc) is 3.06. The van der Waals surface area contributed by atoms with Gasteiger partial charge < -0.3 is 18.9 Å². The average molecular weight is 350 g/mol. The molecule has 1 amide bonds. The standard InChI is InChI=1S/C21H22N2O3/c1-22-8-6-15-10-16(4-5-18(15)22)21(24)23-9-7-14-11-19(25-2)20(26-3)12-17(14)13-23/h4-6,8,10-12H,7,9,13H2,1-3H3. The first-order chi connectivity index (χ1) is 12.6. The van der Waals surface area contributed by atoms with Gasteiger partial charge in [-0.1, -0.05) is 0 Å². The van der Waals surface area contributed by atoms with Crippen LogP contribution in [0.5, 0.6) is 11.5 Å². The Morgan fingerprint density at radius 2 is 1.73 bits per heavy atom. The summed E-state index contributed by atoms with van der Waals surface area (Å²) in [7, 11) is 5.28. The highest BCUT2D eigenvalue weighted by Gasteiger charge is 2.24. The molecule has 0 spiro atoms. The van der Waals surface area contributed by atoms with Crippen LogP contribution in [0.3, 0.4) is 0 Å². The lowest BCUT2D eigenvalue weighted by Gasteiger charge is -2.29. The van der Waals surface area contributed by atoms with Crippen molar-refractivity contribution in [1.82, 2.24) is 9.47 Å². The van der Waals surface area contributed by atoms with E-state index in [4.69, 9.17) is 9.47 Å². The monoisotopic (exact) mass is 350 g/mol. The summed E-state index contributed by atoms with van der Waals surface area (Å²) >= 11 is 0. The van der Waals surface area contributed by atoms with Crippen molar-refractivity contribution in [2.45, 2.75) is 13.0 Å². The highest BCUT2D eigenvalue weighted by molar-refractivity contribution is 5.98. The molecule has 0 aliphatic carbocycles. The SMILES string of the molecule is COc1cc2c(cc1OC)CN(C(=O)c1ccc3c(ccn3C)c1)CC2. The minimum absolute atomic E-state index is 0.0659. The predicted octanol–water partition coefficient (Wildman–Crippen LogP) is 3.39. The molecular formula is C21H22N2O3. The summed E-state index contributed by atoms with van der Waals surface area (Å²) in [6.45, 7) is 1.29. The molecule has 2 heterocycles. The van der Waals surface area contributed by atoms with Gasteiger partial charge in [-0.25, -0.2) is 0 Å². The summed E-state index contributed by atoms with van der Waals surface area (Å²) in [4.78, 5) is 14.9. The molecule has 0 bridgehead atoms. The molecule has 1 aromatic heterocycles. The Labute approximate surface area is 152 Å². The third-order valence-electron chi connectivity index (χ3n) is 5.14. The highest BCUT2D eigenvalue weighted by Crippen LogP contribution is 2.33. The predicted molar refractivity (Wildman–Crippen MR) is 101 cm³/mol. The Hall–Kier alpha value is -2.95. The zero-order valence-electron chi connectivity index (χ0n) is 15.3. The van der Waals surface area contributed by atoms with E-state index in [1.165, 1.54) is 5.56 Å². The smallest absolute Gasteiger partial charge is 0.254 e. The summed E-state index contributed by atoms with van der Waals surface area (Å²) in [5, 5.41) is 1.09. The number of carbonyl (C=O) groups is 1. The number of amides is 1. The van der Waals surface area contributed by atoms with E-state index in [9.17, 15) is 4.79 Å². The van der Waals surface area contributed by atoms with E-state index >= 15 is 0 Å². The van der Waals surface area contributed by atoms with Gasteiger partial charge >= 0.3 is 0 Å². The van der Waals surface area contributed by atoms with Crippen LogP contribution >= 0.6 is 0 Å². The Bertz CT molecular complexity index is 990. The number of benzene rings is 2. The first-order valence-corrected chi connectivity index (χ1v) is 8.69. The second kappa shape index (κ2) is 6.41. The number of aromatic nitrogens is 1. The zero-order chi connectivity index (χ0) is 18.3. The van der Waals surface area contributed by atoms with Gasteiger partial charge in [-0.05, 0) is 53.9 Å². The second-order valence-electron chi connectivity index (χ2n) is 6.65. The van der Waals surface area contributed by atoms with Crippen LogP contribution < -0.4 is 9.47 Å². The number of hydrogen-bond acceptors (Lipinski definition) is 3. The van der Waals surface area contributed by atoms with Gasteiger partial charge in [0.05, 0.1) is 14.2 Å². The largest absolute Gasteiger partial charge is 0.493 e. The molecule has 26 heavy (non-hydrogen) atoms. The van der Waals surface area contributed by atoms with Crippen LogP contribution in [0.2, 0.25) is 0 Å². The molecule has 0 atom stereocenters. The lowest BCUT2D eigenvalue weighted by Crippen LogP contribution is -2.36. The summed E-state index contributed by atoms with van der Waals surface area (Å²) in [5.41, 5.74) is 4.18. The van der Waals surface area contributed by atoms with Gasteiger partial charge in [-0.15, -0.1) is 0 Å². The van der Waals surface area contributed by atoms with Gasteiger partial charge in [0.25, 0.3) is 5.91 Å². The van der Waals surface area contributed by atoms with Crippen LogP contribution in [0.4, 0.5) is 0 Å². The van der Waals surface area contributed by atoms with Crippen molar-refractivity contribution in [3.05, 3.63) is 59.3 Å². The molecule has 0 saturated heterocycles. The molecule has 1 aliphatic heterocycles. The van der Waals surface area contributed by atoms with Crippen LogP contribution in [-0.2, 0) is 20.0 Å². The first-order valence-electron chi connectivity index (χ1n) is 8.69. The Balaban J connectivity index is 1.61. The molecule has 0 unspecified atom stereocenters. The Morgan fingerprint density at radius 3 is 2.46 bits per heavy atom. The van der Waals surface area contributed by atoms with E-state index in [2.05, 4.69) is 4.57 Å². The lowest BCUT2D eigenvalue weighted by molar-refractivity contribution is 0.0734. The fraction of sp³-hybridized carbons (Fsp3) is 0.286. The van der Waals surface area contributed by atoms with Gasteiger partial charge in [0, 0.05) is 42.8 Å². The summed E-state index contributed by atoms with van der Waals surface area (Å²) < 4.78 is 12.8. The molecule has 2 aromatic carbocycles. The summed E-state index contributed by atoms with van der Waals surface area (Å²) in [6.07, 6.45) is 2.82. The maximum atomic E-state index is 13.0. The summed E-state index contributed by atoms with van der Waals surface area (Å²) in [5.74, 6) is 1.50. The molecule has 5 heteroatoms. The topological polar surface area (TPSA) is 43.7 Å². The summed E-state index contributed by atoms with van der Waals surface area (Å²) in [6, 6.07) is 11.9. The molecule has 0 fully saturated rings. The van der Waals surface area contributed by atoms with Crippen molar-refractivity contribution in [2.24, 2.45) is 7.05 Å². The van der Waals surface area contributed by atoms with Crippen molar-refractivity contribution in [3.8, 4) is 11.5 Å². The van der Waals surface area contributed by atoms with E-state index in [1.807, 2.05) is 54.5 Å². The minimum atomic E-state index is 0.0659. The van der Waals surface area contributed by atoms with Crippen LogP contribution in [0.25, 0.3) is 10.9 Å². The second-order valence-corrected chi connectivity index (χ2v) is 6.65. The normalized spacial score (nSPS) is 13.6. The van der Waals surface area contributed by atoms with Crippen molar-refractivity contribution in [1.29, 1.82) is 0 Å². The Morgan fingerprint density at radius 1 is 1.00 bits per heavy atom. The molecule has 0 saturated carbocycles. The zero-order valence-corrected chi connectivity index (χ0v) is 15.3. The number of hydrogen-bond donors (Lipinski definition) is 0. The fourth-order valence-electron chi connectivity index (χ4n) is 3.65. The van der Waals surface area contributed by atoms with Crippen molar-refractivity contribution >= 4 is 16.8 Å². The fourth-order valence-corrected chi connectivity index (χ4v) is 3.65.